The van der Waals surface area contributed by atoms with Crippen molar-refractivity contribution < 1.29 is 19.5 Å². The molecule has 0 N–H and O–H groups in total. The summed E-state index contributed by atoms with van der Waals surface area (Å²) in [6.45, 7) is 0. The summed E-state index contributed by atoms with van der Waals surface area (Å²) in [5.74, 6) is -1.99. The van der Waals surface area contributed by atoms with Crippen LogP contribution in [0.4, 0.5) is 5.69 Å². The highest BCUT2D eigenvalue weighted by atomic mass is 16.4. The summed E-state index contributed by atoms with van der Waals surface area (Å²) in [6, 6.07) is 19.8. The normalized spacial score (nSPS) is 13.0. The van der Waals surface area contributed by atoms with Crippen molar-refractivity contribution >= 4 is 23.5 Å². The van der Waals surface area contributed by atoms with Gasteiger partial charge in [-0.05, 0) is 35.4 Å². The fourth-order valence-electron chi connectivity index (χ4n) is 3.13. The third kappa shape index (κ3) is 2.38. The van der Waals surface area contributed by atoms with E-state index in [1.807, 2.05) is 0 Å². The highest BCUT2D eigenvalue weighted by molar-refractivity contribution is 6.34. The van der Waals surface area contributed by atoms with Crippen molar-refractivity contribution in [2.24, 2.45) is 0 Å². The fourth-order valence-corrected chi connectivity index (χ4v) is 3.13. The third-order valence-corrected chi connectivity index (χ3v) is 4.38. The van der Waals surface area contributed by atoms with E-state index in [9.17, 15) is 19.5 Å². The van der Waals surface area contributed by atoms with Crippen molar-refractivity contribution in [2.75, 3.05) is 4.90 Å². The molecule has 3 aromatic carbocycles. The van der Waals surface area contributed by atoms with Crippen molar-refractivity contribution in [1.29, 1.82) is 0 Å². The molecule has 0 spiro atoms. The van der Waals surface area contributed by atoms with Gasteiger partial charge < -0.3 is 9.90 Å². The molecule has 2 amide bonds. The van der Waals surface area contributed by atoms with Crippen LogP contribution in [-0.4, -0.2) is 17.8 Å². The standard InChI is InChI=1S/C21H13NO4/c23-19-16-6-2-3-7-17(16)20(24)22(19)14-11-9-13(10-12-14)15-5-1-4-8-18(15)21(25)26/h1-12H,(H,25,26)/p-1. The number of anilines is 1. The number of fused-ring (bicyclic) bond motifs is 1. The Morgan fingerprint density at radius 2 is 1.19 bits per heavy atom. The second-order valence-electron chi connectivity index (χ2n) is 5.87. The van der Waals surface area contributed by atoms with E-state index in [2.05, 4.69) is 0 Å². The van der Waals surface area contributed by atoms with Crippen LogP contribution in [-0.2, 0) is 0 Å². The highest BCUT2D eigenvalue weighted by Gasteiger charge is 2.36. The first-order valence-corrected chi connectivity index (χ1v) is 7.96. The zero-order valence-corrected chi connectivity index (χ0v) is 13.5. The van der Waals surface area contributed by atoms with E-state index in [1.54, 1.807) is 66.7 Å². The molecule has 0 bridgehead atoms. The molecule has 5 heteroatoms. The van der Waals surface area contributed by atoms with Gasteiger partial charge in [-0.1, -0.05) is 48.5 Å². The van der Waals surface area contributed by atoms with Crippen molar-refractivity contribution in [3.05, 3.63) is 89.5 Å². The SMILES string of the molecule is O=C([O-])c1ccccc1-c1ccc(N2C(=O)c3ccccc3C2=O)cc1. The third-order valence-electron chi connectivity index (χ3n) is 4.38. The molecule has 5 nitrogen and oxygen atoms in total. The molecular weight excluding hydrogens is 330 g/mol. The zero-order valence-electron chi connectivity index (χ0n) is 13.5. The number of benzene rings is 3. The first-order chi connectivity index (χ1) is 12.6. The topological polar surface area (TPSA) is 77.5 Å². The second-order valence-corrected chi connectivity index (χ2v) is 5.87. The maximum Gasteiger partial charge on any atom is 0.266 e. The molecule has 1 heterocycles. The van der Waals surface area contributed by atoms with Crippen LogP contribution in [0.25, 0.3) is 11.1 Å². The summed E-state index contributed by atoms with van der Waals surface area (Å²) in [5.41, 5.74) is 2.45. The molecule has 126 valence electrons. The van der Waals surface area contributed by atoms with Gasteiger partial charge in [0.2, 0.25) is 0 Å². The number of aromatic carboxylic acids is 1. The van der Waals surface area contributed by atoms with Gasteiger partial charge in [-0.3, -0.25) is 9.59 Å². The van der Waals surface area contributed by atoms with Crippen LogP contribution in [0.15, 0.2) is 72.8 Å². The molecule has 0 atom stereocenters. The number of carbonyl (C=O) groups excluding carboxylic acids is 3. The minimum Gasteiger partial charge on any atom is -0.545 e. The Morgan fingerprint density at radius 3 is 1.73 bits per heavy atom. The van der Waals surface area contributed by atoms with E-state index in [4.69, 9.17) is 0 Å². The van der Waals surface area contributed by atoms with E-state index in [1.165, 1.54) is 6.07 Å². The van der Waals surface area contributed by atoms with Crippen LogP contribution < -0.4 is 10.0 Å². The van der Waals surface area contributed by atoms with Crippen molar-refractivity contribution in [1.82, 2.24) is 0 Å². The average Bonchev–Trinajstić information content (AvgIpc) is 2.93. The molecule has 0 unspecified atom stereocenters. The molecule has 0 radical (unpaired) electrons. The van der Waals surface area contributed by atoms with Gasteiger partial charge in [0, 0.05) is 5.56 Å². The second kappa shape index (κ2) is 5.97. The summed E-state index contributed by atoms with van der Waals surface area (Å²) in [7, 11) is 0. The van der Waals surface area contributed by atoms with Crippen LogP contribution in [0.5, 0.6) is 0 Å². The van der Waals surface area contributed by atoms with Crippen LogP contribution in [0.1, 0.15) is 31.1 Å². The Labute approximate surface area is 149 Å². The fraction of sp³-hybridized carbons (Fsp3) is 0. The van der Waals surface area contributed by atoms with Gasteiger partial charge >= 0.3 is 0 Å². The van der Waals surface area contributed by atoms with E-state index >= 15 is 0 Å². The Morgan fingerprint density at radius 1 is 0.692 bits per heavy atom. The summed E-state index contributed by atoms with van der Waals surface area (Å²) in [5, 5.41) is 11.3. The molecule has 3 aromatic rings. The summed E-state index contributed by atoms with van der Waals surface area (Å²) >= 11 is 0. The Hall–Kier alpha value is -3.73. The number of nitrogens with zero attached hydrogens (tertiary/aromatic N) is 1. The van der Waals surface area contributed by atoms with Gasteiger partial charge in [0.1, 0.15) is 0 Å². The van der Waals surface area contributed by atoms with E-state index in [0.717, 1.165) is 4.90 Å². The lowest BCUT2D eigenvalue weighted by Crippen LogP contribution is -2.29. The molecule has 26 heavy (non-hydrogen) atoms. The molecule has 0 aliphatic carbocycles. The average molecular weight is 342 g/mol. The predicted octanol–water partition coefficient (Wildman–Crippen LogP) is 2.52. The summed E-state index contributed by atoms with van der Waals surface area (Å²) < 4.78 is 0. The highest BCUT2D eigenvalue weighted by Crippen LogP contribution is 2.31. The number of hydrogen-bond acceptors (Lipinski definition) is 4. The van der Waals surface area contributed by atoms with Gasteiger partial charge in [-0.25, -0.2) is 4.90 Å². The Bertz CT molecular complexity index is 1020. The quantitative estimate of drug-likeness (QED) is 0.685. The molecule has 1 aliphatic heterocycles. The molecule has 0 saturated carbocycles. The number of hydrogen-bond donors (Lipinski definition) is 0. The number of carboxylic acid groups (broad SMARTS) is 1. The van der Waals surface area contributed by atoms with Gasteiger partial charge in [-0.2, -0.15) is 0 Å². The maximum absolute atomic E-state index is 12.5. The summed E-state index contributed by atoms with van der Waals surface area (Å²) in [4.78, 5) is 37.4. The zero-order chi connectivity index (χ0) is 18.3. The first-order valence-electron chi connectivity index (χ1n) is 7.96. The Kier molecular flexibility index (Phi) is 3.62. The smallest absolute Gasteiger partial charge is 0.266 e. The van der Waals surface area contributed by atoms with Crippen LogP contribution in [0, 0.1) is 0 Å². The van der Waals surface area contributed by atoms with Crippen LogP contribution in [0.2, 0.25) is 0 Å². The van der Waals surface area contributed by atoms with Crippen LogP contribution in [0.3, 0.4) is 0 Å². The molecule has 1 aliphatic rings. The van der Waals surface area contributed by atoms with Gasteiger partial charge in [0.15, 0.2) is 0 Å². The van der Waals surface area contributed by atoms with Crippen molar-refractivity contribution in [3.63, 3.8) is 0 Å². The number of amides is 2. The molecule has 0 fully saturated rings. The molecule has 4 rings (SSSR count). The van der Waals surface area contributed by atoms with Crippen molar-refractivity contribution in [2.45, 2.75) is 0 Å². The van der Waals surface area contributed by atoms with Gasteiger partial charge in [0.25, 0.3) is 11.8 Å². The van der Waals surface area contributed by atoms with Crippen molar-refractivity contribution in [3.8, 4) is 11.1 Å². The lowest BCUT2D eigenvalue weighted by molar-refractivity contribution is -0.254. The molecule has 0 saturated heterocycles. The Balaban J connectivity index is 1.71. The maximum atomic E-state index is 12.5. The lowest BCUT2D eigenvalue weighted by Gasteiger charge is -2.15. The van der Waals surface area contributed by atoms with E-state index < -0.39 is 5.97 Å². The number of imide groups is 1. The van der Waals surface area contributed by atoms with Gasteiger partial charge in [0.05, 0.1) is 22.8 Å². The van der Waals surface area contributed by atoms with E-state index in [-0.39, 0.29) is 17.4 Å². The predicted molar refractivity (Wildman–Crippen MR) is 93.8 cm³/mol. The molecular formula is C21H12NO4-. The summed E-state index contributed by atoms with van der Waals surface area (Å²) in [6.07, 6.45) is 0. The minimum atomic E-state index is -1.26. The van der Waals surface area contributed by atoms with Gasteiger partial charge in [-0.15, -0.1) is 0 Å². The minimum absolute atomic E-state index is 0.0842. The molecule has 0 aromatic heterocycles. The lowest BCUT2D eigenvalue weighted by atomic mass is 9.99. The van der Waals surface area contributed by atoms with Crippen LogP contribution >= 0.6 is 0 Å². The number of carbonyl (C=O) groups is 3. The largest absolute Gasteiger partial charge is 0.545 e. The number of rotatable bonds is 3. The first kappa shape index (κ1) is 15.8. The monoisotopic (exact) mass is 342 g/mol. The number of carboxylic acids is 1. The van der Waals surface area contributed by atoms with E-state index in [0.29, 0.717) is 27.9 Å².